The van der Waals surface area contributed by atoms with E-state index >= 15 is 0 Å². The molecule has 0 saturated heterocycles. The molecule has 1 aromatic rings. The van der Waals surface area contributed by atoms with Crippen LogP contribution in [0.2, 0.25) is 0 Å². The van der Waals surface area contributed by atoms with Crippen molar-refractivity contribution in [3.05, 3.63) is 31.5 Å². The number of nitrogens with zero attached hydrogens (tertiary/aromatic N) is 1. The first-order chi connectivity index (χ1) is 5.17. The molecule has 5 heteroatoms. The average molecular weight is 171 g/mol. The molecule has 0 aromatic carbocycles. The van der Waals surface area contributed by atoms with Crippen LogP contribution in [0.25, 0.3) is 0 Å². The Kier molecular flexibility index (Phi) is 2.21. The van der Waals surface area contributed by atoms with E-state index in [1.54, 1.807) is 6.07 Å². The van der Waals surface area contributed by atoms with E-state index in [0.717, 1.165) is 0 Å². The van der Waals surface area contributed by atoms with E-state index in [0.29, 0.717) is 0 Å². The Morgan fingerprint density at radius 1 is 1.45 bits per heavy atom. The average Bonchev–Trinajstić information content (AvgIpc) is 2.06. The first kappa shape index (κ1) is 8.16. The van der Waals surface area contributed by atoms with Crippen LogP contribution in [-0.2, 0) is 14.3 Å². The highest BCUT2D eigenvalue weighted by atomic mass is 32.2. The molecule has 0 unspecified atom stereocenters. The van der Waals surface area contributed by atoms with Crippen molar-refractivity contribution in [2.24, 2.45) is 0 Å². The third-order valence-corrected chi connectivity index (χ3v) is 2.03. The standard InChI is InChI=1S/C6H5NO3S/c1-10-11(8,9)6-4-2-3-5-7-6/h1-5H. The van der Waals surface area contributed by atoms with E-state index in [9.17, 15) is 8.42 Å². The summed E-state index contributed by atoms with van der Waals surface area (Å²) in [6, 6.07) is 4.41. The normalized spacial score (nSPS) is 11.4. The molecule has 2 radical (unpaired) electrons. The quantitative estimate of drug-likeness (QED) is 0.606. The minimum Gasteiger partial charge on any atom is -0.256 e. The summed E-state index contributed by atoms with van der Waals surface area (Å²) in [7, 11) is 0.679. The summed E-state index contributed by atoms with van der Waals surface area (Å²) < 4.78 is 25.3. The van der Waals surface area contributed by atoms with Gasteiger partial charge in [-0.25, -0.2) is 4.98 Å². The van der Waals surface area contributed by atoms with Crippen LogP contribution in [0.15, 0.2) is 29.4 Å². The van der Waals surface area contributed by atoms with Crippen LogP contribution in [0.5, 0.6) is 0 Å². The van der Waals surface area contributed by atoms with Gasteiger partial charge in [-0.05, 0) is 12.1 Å². The third-order valence-electron chi connectivity index (χ3n) is 1.02. The predicted molar refractivity (Wildman–Crippen MR) is 36.8 cm³/mol. The van der Waals surface area contributed by atoms with E-state index in [-0.39, 0.29) is 5.03 Å². The van der Waals surface area contributed by atoms with Gasteiger partial charge >= 0.3 is 10.1 Å². The zero-order chi connectivity index (χ0) is 8.32. The lowest BCUT2D eigenvalue weighted by atomic mass is 10.5. The Bertz CT molecular complexity index is 319. The van der Waals surface area contributed by atoms with E-state index in [4.69, 9.17) is 0 Å². The molecule has 0 atom stereocenters. The Labute approximate surface area is 65.0 Å². The molecule has 0 aliphatic carbocycles. The monoisotopic (exact) mass is 171 g/mol. The lowest BCUT2D eigenvalue weighted by Crippen LogP contribution is -2.03. The lowest BCUT2D eigenvalue weighted by molar-refractivity contribution is 0.435. The van der Waals surface area contributed by atoms with Crippen molar-refractivity contribution in [2.45, 2.75) is 5.03 Å². The molecule has 0 aliphatic heterocycles. The highest BCUT2D eigenvalue weighted by Crippen LogP contribution is 2.05. The van der Waals surface area contributed by atoms with E-state index in [1.165, 1.54) is 18.3 Å². The molecule has 11 heavy (non-hydrogen) atoms. The number of rotatable bonds is 2. The molecular formula is C6H5NO3S. The fourth-order valence-corrected chi connectivity index (χ4v) is 1.08. The largest absolute Gasteiger partial charge is 0.315 e. The maximum absolute atomic E-state index is 10.8. The Balaban J connectivity index is 3.14. The van der Waals surface area contributed by atoms with Crippen molar-refractivity contribution in [3.63, 3.8) is 0 Å². The number of hydrogen-bond donors (Lipinski definition) is 0. The highest BCUT2D eigenvalue weighted by Gasteiger charge is 2.12. The molecule has 0 bridgehead atoms. The van der Waals surface area contributed by atoms with Crippen molar-refractivity contribution in [1.82, 2.24) is 4.98 Å². The van der Waals surface area contributed by atoms with E-state index in [1.807, 2.05) is 0 Å². The molecule has 4 nitrogen and oxygen atoms in total. The minimum absolute atomic E-state index is 0.192. The summed E-state index contributed by atoms with van der Waals surface area (Å²) in [5.41, 5.74) is 0. The van der Waals surface area contributed by atoms with Crippen LogP contribution in [0.3, 0.4) is 0 Å². The summed E-state index contributed by atoms with van der Waals surface area (Å²) >= 11 is 0. The van der Waals surface area contributed by atoms with Gasteiger partial charge in [0.05, 0.1) is 0 Å². The zero-order valence-corrected chi connectivity index (χ0v) is 6.28. The summed E-state index contributed by atoms with van der Waals surface area (Å²) in [6.07, 6.45) is 1.34. The smallest absolute Gasteiger partial charge is 0.256 e. The molecule has 0 saturated carbocycles. The SMILES string of the molecule is [CH]OS(=O)(=O)c1ccccn1. The van der Waals surface area contributed by atoms with Gasteiger partial charge < -0.3 is 0 Å². The van der Waals surface area contributed by atoms with Crippen molar-refractivity contribution < 1.29 is 12.6 Å². The summed E-state index contributed by atoms with van der Waals surface area (Å²) in [4.78, 5) is 3.53. The number of hydrogen-bond acceptors (Lipinski definition) is 4. The molecule has 0 fully saturated rings. The van der Waals surface area contributed by atoms with Crippen LogP contribution in [0, 0.1) is 7.11 Å². The molecule has 0 spiro atoms. The second-order valence-corrected chi connectivity index (χ2v) is 3.24. The van der Waals surface area contributed by atoms with Crippen LogP contribution >= 0.6 is 0 Å². The Morgan fingerprint density at radius 2 is 2.18 bits per heavy atom. The third kappa shape index (κ3) is 1.75. The molecule has 1 aromatic heterocycles. The summed E-state index contributed by atoms with van der Waals surface area (Å²) in [5.74, 6) is 0. The Hall–Kier alpha value is -0.940. The van der Waals surface area contributed by atoms with Crippen LogP contribution in [-0.4, -0.2) is 13.4 Å². The van der Waals surface area contributed by atoms with Gasteiger partial charge in [0.2, 0.25) is 0 Å². The maximum Gasteiger partial charge on any atom is 0.315 e. The lowest BCUT2D eigenvalue weighted by Gasteiger charge is -1.96. The maximum atomic E-state index is 10.8. The summed E-state index contributed by atoms with van der Waals surface area (Å²) in [5, 5.41) is -0.192. The van der Waals surface area contributed by atoms with Gasteiger partial charge in [-0.1, -0.05) is 6.07 Å². The van der Waals surface area contributed by atoms with Crippen molar-refractivity contribution >= 4 is 10.1 Å². The molecule has 0 N–H and O–H groups in total. The van der Waals surface area contributed by atoms with Crippen molar-refractivity contribution in [1.29, 1.82) is 0 Å². The predicted octanol–water partition coefficient (Wildman–Crippen LogP) is 0.455. The fourth-order valence-electron chi connectivity index (χ4n) is 0.544. The van der Waals surface area contributed by atoms with Crippen LogP contribution in [0.4, 0.5) is 0 Å². The highest BCUT2D eigenvalue weighted by molar-refractivity contribution is 7.86. The van der Waals surface area contributed by atoms with Gasteiger partial charge in [0.15, 0.2) is 5.03 Å². The van der Waals surface area contributed by atoms with Gasteiger partial charge in [-0.15, -0.1) is 0 Å². The fraction of sp³-hybridized carbons (Fsp3) is 0. The van der Waals surface area contributed by atoms with Crippen molar-refractivity contribution in [2.75, 3.05) is 0 Å². The number of aromatic nitrogens is 1. The molecule has 58 valence electrons. The van der Waals surface area contributed by atoms with Crippen molar-refractivity contribution in [3.8, 4) is 0 Å². The Morgan fingerprint density at radius 3 is 2.64 bits per heavy atom. The first-order valence-electron chi connectivity index (χ1n) is 2.71. The molecular weight excluding hydrogens is 166 g/mol. The second-order valence-electron chi connectivity index (χ2n) is 1.72. The van der Waals surface area contributed by atoms with Gasteiger partial charge in [-0.2, -0.15) is 8.42 Å². The van der Waals surface area contributed by atoms with Gasteiger partial charge in [0.1, 0.15) is 7.11 Å². The molecule has 1 rings (SSSR count). The molecule has 0 aliphatic rings. The summed E-state index contributed by atoms with van der Waals surface area (Å²) in [6.45, 7) is 0. The molecule has 1 heterocycles. The van der Waals surface area contributed by atoms with E-state index in [2.05, 4.69) is 16.3 Å². The van der Waals surface area contributed by atoms with Gasteiger partial charge in [0.25, 0.3) is 0 Å². The topological polar surface area (TPSA) is 56.3 Å². The molecule has 0 amide bonds. The van der Waals surface area contributed by atoms with Gasteiger partial charge in [0, 0.05) is 6.20 Å². The number of pyridine rings is 1. The van der Waals surface area contributed by atoms with Crippen LogP contribution < -0.4 is 0 Å². The van der Waals surface area contributed by atoms with Gasteiger partial charge in [-0.3, -0.25) is 4.18 Å². The first-order valence-corrected chi connectivity index (χ1v) is 4.12. The van der Waals surface area contributed by atoms with E-state index < -0.39 is 10.1 Å². The van der Waals surface area contributed by atoms with Crippen LogP contribution in [0.1, 0.15) is 0 Å². The second kappa shape index (κ2) is 2.98. The minimum atomic E-state index is -3.83. The zero-order valence-electron chi connectivity index (χ0n) is 5.47.